The smallest absolute Gasteiger partial charge is 0.198 e. The average molecular weight is 287 g/mol. The van der Waals surface area contributed by atoms with Crippen molar-refractivity contribution >= 4 is 16.8 Å². The van der Waals surface area contributed by atoms with Crippen LogP contribution in [-0.4, -0.2) is 17.6 Å². The molecule has 114 valence electrons. The van der Waals surface area contributed by atoms with Crippen LogP contribution < -0.4 is 11.1 Å². The van der Waals surface area contributed by atoms with E-state index in [2.05, 4.69) is 36.3 Å². The Morgan fingerprint density at radius 1 is 1.33 bits per heavy atom. The molecule has 1 saturated carbocycles. The fourth-order valence-electron chi connectivity index (χ4n) is 3.18. The first-order valence-electron chi connectivity index (χ1n) is 8.04. The van der Waals surface area contributed by atoms with E-state index in [4.69, 9.17) is 10.2 Å². The number of benzene rings is 1. The minimum absolute atomic E-state index is 0.314. The molecule has 2 unspecified atom stereocenters. The molecule has 0 aliphatic heterocycles. The van der Waals surface area contributed by atoms with Gasteiger partial charge in [-0.3, -0.25) is 0 Å². The zero-order valence-corrected chi connectivity index (χ0v) is 12.9. The largest absolute Gasteiger partial charge is 0.440 e. The van der Waals surface area contributed by atoms with Gasteiger partial charge < -0.3 is 15.5 Å². The SMILES string of the molecule is CC(C)c1nc2cc(NC3CCCCC3CN)ccc2o1. The van der Waals surface area contributed by atoms with Crippen molar-refractivity contribution in [3.8, 4) is 0 Å². The van der Waals surface area contributed by atoms with Crippen LogP contribution in [0.2, 0.25) is 0 Å². The Kier molecular flexibility index (Phi) is 4.15. The molecule has 0 saturated heterocycles. The van der Waals surface area contributed by atoms with Gasteiger partial charge >= 0.3 is 0 Å². The summed E-state index contributed by atoms with van der Waals surface area (Å²) in [4.78, 5) is 4.57. The van der Waals surface area contributed by atoms with Crippen LogP contribution in [0.15, 0.2) is 22.6 Å². The number of nitrogens with one attached hydrogen (secondary N) is 1. The van der Waals surface area contributed by atoms with Gasteiger partial charge in [0.1, 0.15) is 5.52 Å². The Bertz CT molecular complexity index is 605. The molecule has 3 rings (SSSR count). The maximum absolute atomic E-state index is 5.91. The van der Waals surface area contributed by atoms with Crippen LogP contribution in [0.3, 0.4) is 0 Å². The van der Waals surface area contributed by atoms with Crippen molar-refractivity contribution in [2.75, 3.05) is 11.9 Å². The van der Waals surface area contributed by atoms with Gasteiger partial charge in [-0.25, -0.2) is 4.98 Å². The van der Waals surface area contributed by atoms with Crippen molar-refractivity contribution in [2.45, 2.75) is 51.5 Å². The van der Waals surface area contributed by atoms with Crippen LogP contribution >= 0.6 is 0 Å². The van der Waals surface area contributed by atoms with Crippen LogP contribution in [0, 0.1) is 5.92 Å². The van der Waals surface area contributed by atoms with E-state index >= 15 is 0 Å². The van der Waals surface area contributed by atoms with Crippen molar-refractivity contribution in [3.05, 3.63) is 24.1 Å². The molecule has 1 aromatic carbocycles. The third-order valence-corrected chi connectivity index (χ3v) is 4.46. The molecule has 3 N–H and O–H groups in total. The lowest BCUT2D eigenvalue weighted by Gasteiger charge is -2.32. The summed E-state index contributed by atoms with van der Waals surface area (Å²) in [5.74, 6) is 1.70. The van der Waals surface area contributed by atoms with Crippen molar-refractivity contribution < 1.29 is 4.42 Å². The topological polar surface area (TPSA) is 64.1 Å². The van der Waals surface area contributed by atoms with Crippen molar-refractivity contribution in [2.24, 2.45) is 11.7 Å². The molecule has 1 aliphatic carbocycles. The molecule has 4 heteroatoms. The first-order chi connectivity index (χ1) is 10.2. The summed E-state index contributed by atoms with van der Waals surface area (Å²) in [5, 5.41) is 3.65. The third-order valence-electron chi connectivity index (χ3n) is 4.46. The lowest BCUT2D eigenvalue weighted by atomic mass is 9.84. The van der Waals surface area contributed by atoms with Crippen LogP contribution in [0.4, 0.5) is 5.69 Å². The van der Waals surface area contributed by atoms with Gasteiger partial charge in [0.15, 0.2) is 11.5 Å². The van der Waals surface area contributed by atoms with E-state index in [1.165, 1.54) is 25.7 Å². The molecule has 2 aromatic rings. The van der Waals surface area contributed by atoms with E-state index in [0.29, 0.717) is 17.9 Å². The molecule has 4 nitrogen and oxygen atoms in total. The quantitative estimate of drug-likeness (QED) is 0.895. The Hall–Kier alpha value is -1.55. The lowest BCUT2D eigenvalue weighted by molar-refractivity contribution is 0.332. The second kappa shape index (κ2) is 6.06. The highest BCUT2D eigenvalue weighted by Crippen LogP contribution is 2.28. The Morgan fingerprint density at radius 3 is 2.90 bits per heavy atom. The van der Waals surface area contributed by atoms with Gasteiger partial charge in [0.2, 0.25) is 0 Å². The Labute approximate surface area is 126 Å². The van der Waals surface area contributed by atoms with E-state index in [-0.39, 0.29) is 0 Å². The van der Waals surface area contributed by atoms with E-state index < -0.39 is 0 Å². The summed E-state index contributed by atoms with van der Waals surface area (Å²) in [7, 11) is 0. The van der Waals surface area contributed by atoms with Crippen LogP contribution in [0.5, 0.6) is 0 Å². The molecule has 0 bridgehead atoms. The predicted octanol–water partition coefficient (Wildman–Crippen LogP) is 3.88. The fraction of sp³-hybridized carbons (Fsp3) is 0.588. The first-order valence-corrected chi connectivity index (χ1v) is 8.04. The van der Waals surface area contributed by atoms with Gasteiger partial charge in [-0.05, 0) is 43.5 Å². The van der Waals surface area contributed by atoms with E-state index in [1.807, 2.05) is 6.07 Å². The zero-order valence-electron chi connectivity index (χ0n) is 12.9. The number of rotatable bonds is 4. The Morgan fingerprint density at radius 2 is 2.14 bits per heavy atom. The number of anilines is 1. The number of nitrogens with two attached hydrogens (primary N) is 1. The van der Waals surface area contributed by atoms with Gasteiger partial charge in [0.25, 0.3) is 0 Å². The summed E-state index contributed by atoms with van der Waals surface area (Å²) in [5.41, 5.74) is 8.83. The maximum atomic E-state index is 5.91. The molecule has 0 amide bonds. The number of hydrogen-bond donors (Lipinski definition) is 2. The molecule has 1 heterocycles. The molecular weight excluding hydrogens is 262 g/mol. The van der Waals surface area contributed by atoms with Gasteiger partial charge in [0.05, 0.1) is 0 Å². The highest BCUT2D eigenvalue weighted by molar-refractivity contribution is 5.77. The molecule has 21 heavy (non-hydrogen) atoms. The summed E-state index contributed by atoms with van der Waals surface area (Å²) in [6, 6.07) is 6.67. The summed E-state index contributed by atoms with van der Waals surface area (Å²) in [6.45, 7) is 4.96. The number of hydrogen-bond acceptors (Lipinski definition) is 4. The minimum atomic E-state index is 0.314. The van der Waals surface area contributed by atoms with E-state index in [0.717, 1.165) is 29.2 Å². The number of aromatic nitrogens is 1. The standard InChI is InChI=1S/C17H25N3O/c1-11(2)17-20-15-9-13(7-8-16(15)21-17)19-14-6-4-3-5-12(14)10-18/h7-9,11-12,14,19H,3-6,10,18H2,1-2H3. The van der Waals surface area contributed by atoms with Crippen LogP contribution in [0.25, 0.3) is 11.1 Å². The van der Waals surface area contributed by atoms with E-state index in [9.17, 15) is 0 Å². The molecule has 0 spiro atoms. The molecule has 1 fully saturated rings. The molecule has 2 atom stereocenters. The second-order valence-electron chi connectivity index (χ2n) is 6.42. The third kappa shape index (κ3) is 3.05. The van der Waals surface area contributed by atoms with Gasteiger partial charge in [-0.1, -0.05) is 26.7 Å². The number of fused-ring (bicyclic) bond motifs is 1. The highest BCUT2D eigenvalue weighted by atomic mass is 16.3. The fourth-order valence-corrected chi connectivity index (χ4v) is 3.18. The van der Waals surface area contributed by atoms with E-state index in [1.54, 1.807) is 0 Å². The maximum Gasteiger partial charge on any atom is 0.198 e. The van der Waals surface area contributed by atoms with Gasteiger partial charge in [-0.15, -0.1) is 0 Å². The summed E-state index contributed by atoms with van der Waals surface area (Å²) < 4.78 is 5.76. The summed E-state index contributed by atoms with van der Waals surface area (Å²) in [6.07, 6.45) is 5.03. The zero-order chi connectivity index (χ0) is 14.8. The van der Waals surface area contributed by atoms with Crippen LogP contribution in [-0.2, 0) is 0 Å². The Balaban J connectivity index is 1.80. The molecule has 1 aromatic heterocycles. The van der Waals surface area contributed by atoms with Crippen molar-refractivity contribution in [3.63, 3.8) is 0 Å². The monoisotopic (exact) mass is 287 g/mol. The molecule has 1 aliphatic rings. The van der Waals surface area contributed by atoms with Crippen molar-refractivity contribution in [1.29, 1.82) is 0 Å². The molecular formula is C17H25N3O. The lowest BCUT2D eigenvalue weighted by Crippen LogP contribution is -2.36. The first kappa shape index (κ1) is 14.4. The van der Waals surface area contributed by atoms with Crippen molar-refractivity contribution in [1.82, 2.24) is 4.98 Å². The summed E-state index contributed by atoms with van der Waals surface area (Å²) >= 11 is 0. The van der Waals surface area contributed by atoms with Gasteiger partial charge in [0, 0.05) is 17.6 Å². The van der Waals surface area contributed by atoms with Crippen LogP contribution in [0.1, 0.15) is 51.3 Å². The second-order valence-corrected chi connectivity index (χ2v) is 6.42. The molecule has 0 radical (unpaired) electrons. The number of oxazole rings is 1. The highest BCUT2D eigenvalue weighted by Gasteiger charge is 2.23. The number of nitrogens with zero attached hydrogens (tertiary/aromatic N) is 1. The average Bonchev–Trinajstić information content (AvgIpc) is 2.91. The predicted molar refractivity (Wildman–Crippen MR) is 86.5 cm³/mol. The minimum Gasteiger partial charge on any atom is -0.440 e. The van der Waals surface area contributed by atoms with Gasteiger partial charge in [-0.2, -0.15) is 0 Å². The normalized spacial score (nSPS) is 22.9.